The minimum atomic E-state index is -1.05. The zero-order valence-corrected chi connectivity index (χ0v) is 15.1. The van der Waals surface area contributed by atoms with Gasteiger partial charge >= 0.3 is 5.97 Å². The van der Waals surface area contributed by atoms with Gasteiger partial charge in [0, 0.05) is 5.56 Å². The highest BCUT2D eigenvalue weighted by atomic mass is 35.5. The molecule has 2 aromatic rings. The van der Waals surface area contributed by atoms with Crippen LogP contribution in [-0.2, 0) is 14.3 Å². The SMILES string of the molecule is C[C@H](NC(=O)c1ccccc1)C(=O)O[C@H](C)C(=O)Nc1ccccc1Cl. The number of para-hydroxylation sites is 1. The predicted molar refractivity (Wildman–Crippen MR) is 99.0 cm³/mol. The number of hydrogen-bond acceptors (Lipinski definition) is 4. The van der Waals surface area contributed by atoms with Gasteiger partial charge in [0.2, 0.25) is 0 Å². The molecule has 136 valence electrons. The van der Waals surface area contributed by atoms with E-state index in [1.165, 1.54) is 13.8 Å². The fourth-order valence-electron chi connectivity index (χ4n) is 2.06. The van der Waals surface area contributed by atoms with Crippen LogP contribution in [0.15, 0.2) is 54.6 Å². The molecule has 2 aromatic carbocycles. The van der Waals surface area contributed by atoms with Gasteiger partial charge in [0.25, 0.3) is 11.8 Å². The van der Waals surface area contributed by atoms with Crippen LogP contribution in [0.1, 0.15) is 24.2 Å². The Balaban J connectivity index is 1.88. The summed E-state index contributed by atoms with van der Waals surface area (Å²) in [6, 6.07) is 14.3. The average molecular weight is 375 g/mol. The Kier molecular flexibility index (Phi) is 6.74. The number of halogens is 1. The number of esters is 1. The largest absolute Gasteiger partial charge is 0.451 e. The first kappa shape index (κ1) is 19.5. The second-order valence-corrected chi connectivity index (χ2v) is 6.02. The van der Waals surface area contributed by atoms with E-state index in [0.29, 0.717) is 16.3 Å². The molecule has 0 aliphatic heterocycles. The van der Waals surface area contributed by atoms with E-state index in [1.54, 1.807) is 54.6 Å². The molecule has 2 atom stereocenters. The number of ether oxygens (including phenoxy) is 1. The molecule has 0 fully saturated rings. The van der Waals surface area contributed by atoms with E-state index in [2.05, 4.69) is 10.6 Å². The summed E-state index contributed by atoms with van der Waals surface area (Å²) in [6.45, 7) is 2.93. The lowest BCUT2D eigenvalue weighted by Crippen LogP contribution is -2.42. The van der Waals surface area contributed by atoms with E-state index in [1.807, 2.05) is 0 Å². The lowest BCUT2D eigenvalue weighted by atomic mass is 10.2. The van der Waals surface area contributed by atoms with Crippen molar-refractivity contribution in [3.63, 3.8) is 0 Å². The summed E-state index contributed by atoms with van der Waals surface area (Å²) in [6.07, 6.45) is -1.05. The van der Waals surface area contributed by atoms with Crippen LogP contribution in [0.3, 0.4) is 0 Å². The Morgan fingerprint density at radius 2 is 1.58 bits per heavy atom. The first-order chi connectivity index (χ1) is 12.4. The van der Waals surface area contributed by atoms with Gasteiger partial charge in [-0.25, -0.2) is 4.79 Å². The molecule has 0 radical (unpaired) electrons. The maximum absolute atomic E-state index is 12.1. The van der Waals surface area contributed by atoms with Gasteiger partial charge in [0.05, 0.1) is 10.7 Å². The molecular formula is C19H19ClN2O4. The van der Waals surface area contributed by atoms with Crippen LogP contribution in [0.2, 0.25) is 5.02 Å². The van der Waals surface area contributed by atoms with Crippen molar-refractivity contribution < 1.29 is 19.1 Å². The zero-order chi connectivity index (χ0) is 19.1. The lowest BCUT2D eigenvalue weighted by Gasteiger charge is -2.18. The third-order valence-corrected chi connectivity index (χ3v) is 3.86. The maximum atomic E-state index is 12.1. The van der Waals surface area contributed by atoms with E-state index < -0.39 is 29.9 Å². The van der Waals surface area contributed by atoms with E-state index in [0.717, 1.165) is 0 Å². The number of carbonyl (C=O) groups excluding carboxylic acids is 3. The van der Waals surface area contributed by atoms with Crippen molar-refractivity contribution in [1.29, 1.82) is 0 Å². The van der Waals surface area contributed by atoms with Crippen molar-refractivity contribution in [2.75, 3.05) is 5.32 Å². The van der Waals surface area contributed by atoms with Crippen molar-refractivity contribution in [3.8, 4) is 0 Å². The normalized spacial score (nSPS) is 12.6. The maximum Gasteiger partial charge on any atom is 0.329 e. The molecule has 0 saturated heterocycles. The molecule has 2 amide bonds. The summed E-state index contributed by atoms with van der Waals surface area (Å²) in [5.41, 5.74) is 0.851. The molecule has 0 unspecified atom stereocenters. The Morgan fingerprint density at radius 3 is 2.23 bits per heavy atom. The molecule has 2 N–H and O–H groups in total. The van der Waals surface area contributed by atoms with Gasteiger partial charge in [0.15, 0.2) is 6.10 Å². The lowest BCUT2D eigenvalue weighted by molar-refractivity contribution is -0.154. The Bertz CT molecular complexity index is 795. The van der Waals surface area contributed by atoms with Gasteiger partial charge < -0.3 is 15.4 Å². The quantitative estimate of drug-likeness (QED) is 0.761. The van der Waals surface area contributed by atoms with Gasteiger partial charge in [-0.05, 0) is 38.1 Å². The number of amides is 2. The number of nitrogens with one attached hydrogen (secondary N) is 2. The van der Waals surface area contributed by atoms with E-state index in [9.17, 15) is 14.4 Å². The average Bonchev–Trinajstić information content (AvgIpc) is 2.64. The van der Waals surface area contributed by atoms with Crippen LogP contribution in [-0.4, -0.2) is 29.9 Å². The summed E-state index contributed by atoms with van der Waals surface area (Å²) in [4.78, 5) is 36.3. The van der Waals surface area contributed by atoms with Gasteiger partial charge in [-0.15, -0.1) is 0 Å². The van der Waals surface area contributed by atoms with Crippen molar-refractivity contribution in [1.82, 2.24) is 5.32 Å². The Morgan fingerprint density at radius 1 is 0.962 bits per heavy atom. The number of rotatable bonds is 6. The Labute approximate surface area is 156 Å². The van der Waals surface area contributed by atoms with Crippen molar-refractivity contribution in [2.45, 2.75) is 26.0 Å². The number of anilines is 1. The van der Waals surface area contributed by atoms with Crippen LogP contribution < -0.4 is 10.6 Å². The molecule has 2 rings (SSSR count). The highest BCUT2D eigenvalue weighted by Gasteiger charge is 2.23. The minimum absolute atomic E-state index is 0.378. The van der Waals surface area contributed by atoms with Crippen molar-refractivity contribution in [3.05, 3.63) is 65.2 Å². The van der Waals surface area contributed by atoms with Gasteiger partial charge in [-0.3, -0.25) is 9.59 Å². The second kappa shape index (κ2) is 9.01. The molecule has 7 heteroatoms. The third kappa shape index (κ3) is 5.32. The molecule has 0 aliphatic carbocycles. The highest BCUT2D eigenvalue weighted by molar-refractivity contribution is 6.33. The molecule has 26 heavy (non-hydrogen) atoms. The molecule has 0 heterocycles. The zero-order valence-electron chi connectivity index (χ0n) is 14.4. The fraction of sp³-hybridized carbons (Fsp3) is 0.211. The van der Waals surface area contributed by atoms with Crippen molar-refractivity contribution in [2.24, 2.45) is 0 Å². The Hall–Kier alpha value is -2.86. The molecule has 0 bridgehead atoms. The molecule has 6 nitrogen and oxygen atoms in total. The third-order valence-electron chi connectivity index (χ3n) is 3.53. The summed E-state index contributed by atoms with van der Waals surface area (Å²) in [5.74, 6) is -1.63. The fourth-order valence-corrected chi connectivity index (χ4v) is 2.24. The summed E-state index contributed by atoms with van der Waals surface area (Å²) >= 11 is 5.97. The summed E-state index contributed by atoms with van der Waals surface area (Å²) in [7, 11) is 0. The van der Waals surface area contributed by atoms with E-state index in [-0.39, 0.29) is 0 Å². The van der Waals surface area contributed by atoms with Crippen LogP contribution in [0.4, 0.5) is 5.69 Å². The highest BCUT2D eigenvalue weighted by Crippen LogP contribution is 2.20. The van der Waals surface area contributed by atoms with Gasteiger partial charge in [-0.2, -0.15) is 0 Å². The van der Waals surface area contributed by atoms with E-state index >= 15 is 0 Å². The van der Waals surface area contributed by atoms with Crippen LogP contribution >= 0.6 is 11.6 Å². The van der Waals surface area contributed by atoms with Crippen LogP contribution in [0, 0.1) is 0 Å². The van der Waals surface area contributed by atoms with Gasteiger partial charge in [0.1, 0.15) is 6.04 Å². The van der Waals surface area contributed by atoms with Crippen LogP contribution in [0.5, 0.6) is 0 Å². The predicted octanol–water partition coefficient (Wildman–Crippen LogP) is 3.03. The van der Waals surface area contributed by atoms with E-state index in [4.69, 9.17) is 16.3 Å². The summed E-state index contributed by atoms with van der Waals surface area (Å²) in [5, 5.41) is 5.50. The minimum Gasteiger partial charge on any atom is -0.451 e. The molecule has 0 spiro atoms. The smallest absolute Gasteiger partial charge is 0.329 e. The molecule has 0 aromatic heterocycles. The first-order valence-corrected chi connectivity index (χ1v) is 8.38. The number of carbonyl (C=O) groups is 3. The number of hydrogen-bond donors (Lipinski definition) is 2. The second-order valence-electron chi connectivity index (χ2n) is 5.61. The topological polar surface area (TPSA) is 84.5 Å². The number of benzene rings is 2. The monoisotopic (exact) mass is 374 g/mol. The van der Waals surface area contributed by atoms with Gasteiger partial charge in [-0.1, -0.05) is 41.9 Å². The van der Waals surface area contributed by atoms with Crippen molar-refractivity contribution >= 4 is 35.1 Å². The first-order valence-electron chi connectivity index (χ1n) is 8.00. The van der Waals surface area contributed by atoms with Crippen LogP contribution in [0.25, 0.3) is 0 Å². The molecule has 0 saturated carbocycles. The summed E-state index contributed by atoms with van der Waals surface area (Å²) < 4.78 is 5.11. The molecule has 0 aliphatic rings. The molecular weight excluding hydrogens is 356 g/mol. The standard InChI is InChI=1S/C19H19ClN2O4/c1-12(21-18(24)14-8-4-3-5-9-14)19(25)26-13(2)17(23)22-16-11-7-6-10-15(16)20/h3-13H,1-2H3,(H,21,24)(H,22,23)/t12-,13+/m0/s1.